The maximum atomic E-state index is 12.1. The van der Waals surface area contributed by atoms with E-state index in [0.717, 1.165) is 29.1 Å². The largest absolute Gasteiger partial charge is 0.466 e. The van der Waals surface area contributed by atoms with Gasteiger partial charge in [-0.25, -0.2) is 9.78 Å². The monoisotopic (exact) mass is 380 g/mol. The summed E-state index contributed by atoms with van der Waals surface area (Å²) in [7, 11) is 0. The lowest BCUT2D eigenvalue weighted by molar-refractivity contribution is -0.140. The molecule has 26 heavy (non-hydrogen) atoms. The number of hydrogen-bond acceptors (Lipinski definition) is 6. The third kappa shape index (κ3) is 6.12. The van der Waals surface area contributed by atoms with Crippen LogP contribution in [0.15, 0.2) is 12.0 Å². The number of esters is 1. The molecule has 1 fully saturated rings. The molecule has 0 N–H and O–H groups in total. The summed E-state index contributed by atoms with van der Waals surface area (Å²) in [5.74, 6) is 0.0642. The minimum atomic E-state index is -0.468. The highest BCUT2D eigenvalue weighted by atomic mass is 32.1. The van der Waals surface area contributed by atoms with Gasteiger partial charge in [0.2, 0.25) is 0 Å². The second-order valence-corrected chi connectivity index (χ2v) is 8.37. The normalized spacial score (nSPS) is 15.6. The van der Waals surface area contributed by atoms with Gasteiger partial charge in [-0.05, 0) is 39.2 Å². The number of rotatable bonds is 5. The van der Waals surface area contributed by atoms with E-state index in [4.69, 9.17) is 14.5 Å². The van der Waals surface area contributed by atoms with Crippen LogP contribution in [0.5, 0.6) is 0 Å². The van der Waals surface area contributed by atoms with Crippen molar-refractivity contribution in [2.45, 2.75) is 58.5 Å². The molecule has 0 radical (unpaired) electrons. The molecule has 0 spiro atoms. The summed E-state index contributed by atoms with van der Waals surface area (Å²) in [6.07, 6.45) is 2.10. The van der Waals surface area contributed by atoms with Crippen LogP contribution in [0.2, 0.25) is 0 Å². The van der Waals surface area contributed by atoms with Crippen molar-refractivity contribution in [1.82, 2.24) is 9.88 Å². The number of ether oxygens (including phenoxy) is 2. The van der Waals surface area contributed by atoms with Crippen molar-refractivity contribution in [2.75, 3.05) is 19.7 Å². The first-order valence-electron chi connectivity index (χ1n) is 8.90. The van der Waals surface area contributed by atoms with E-state index in [1.165, 1.54) is 6.92 Å². The molecule has 2 rings (SSSR count). The van der Waals surface area contributed by atoms with Crippen LogP contribution in [0.4, 0.5) is 4.79 Å². The van der Waals surface area contributed by atoms with Gasteiger partial charge in [0.1, 0.15) is 10.6 Å². The van der Waals surface area contributed by atoms with Crippen LogP contribution >= 0.6 is 11.3 Å². The van der Waals surface area contributed by atoms with Crippen LogP contribution < -0.4 is 0 Å². The Bertz CT molecular complexity index is 655. The Labute approximate surface area is 159 Å². The third-order valence-electron chi connectivity index (χ3n) is 4.10. The highest BCUT2D eigenvalue weighted by molar-refractivity contribution is 7.10. The van der Waals surface area contributed by atoms with E-state index < -0.39 is 5.60 Å². The van der Waals surface area contributed by atoms with Crippen molar-refractivity contribution in [3.8, 4) is 0 Å². The lowest BCUT2D eigenvalue weighted by Crippen LogP contribution is -2.41. The summed E-state index contributed by atoms with van der Waals surface area (Å²) in [5, 5.41) is 2.96. The van der Waals surface area contributed by atoms with E-state index in [9.17, 15) is 9.59 Å². The van der Waals surface area contributed by atoms with Gasteiger partial charge in [-0.2, -0.15) is 0 Å². The Kier molecular flexibility index (Phi) is 6.81. The van der Waals surface area contributed by atoms with E-state index in [1.54, 1.807) is 16.2 Å². The first-order valence-corrected chi connectivity index (χ1v) is 9.78. The zero-order valence-corrected chi connectivity index (χ0v) is 16.9. The van der Waals surface area contributed by atoms with Crippen LogP contribution in [-0.2, 0) is 14.3 Å². The maximum absolute atomic E-state index is 12.1. The molecule has 7 heteroatoms. The minimum absolute atomic E-state index is 0.242. The second kappa shape index (κ2) is 8.66. The molecule has 144 valence electrons. The fraction of sp³-hybridized carbons (Fsp3) is 0.632. The highest BCUT2D eigenvalue weighted by Crippen LogP contribution is 2.31. The van der Waals surface area contributed by atoms with Crippen molar-refractivity contribution >= 4 is 29.0 Å². The molecule has 2 heterocycles. The summed E-state index contributed by atoms with van der Waals surface area (Å²) in [6.45, 7) is 12.8. The molecule has 1 amide bonds. The molecule has 1 saturated heterocycles. The molecular formula is C19H28N2O4S. The van der Waals surface area contributed by atoms with Gasteiger partial charge in [0, 0.05) is 37.7 Å². The molecule has 6 nitrogen and oxygen atoms in total. The minimum Gasteiger partial charge on any atom is -0.466 e. The van der Waals surface area contributed by atoms with E-state index in [0.29, 0.717) is 32.0 Å². The zero-order valence-electron chi connectivity index (χ0n) is 16.0. The third-order valence-corrected chi connectivity index (χ3v) is 5.06. The van der Waals surface area contributed by atoms with Crippen LogP contribution in [-0.4, -0.2) is 47.2 Å². The molecule has 1 aliphatic heterocycles. The number of piperidine rings is 1. The highest BCUT2D eigenvalue weighted by Gasteiger charge is 2.28. The number of carbonyl (C=O) groups is 2. The molecule has 0 saturated carbocycles. The van der Waals surface area contributed by atoms with Gasteiger partial charge in [-0.15, -0.1) is 11.3 Å². The molecule has 0 unspecified atom stereocenters. The predicted molar refractivity (Wildman–Crippen MR) is 102 cm³/mol. The summed E-state index contributed by atoms with van der Waals surface area (Å²) in [6, 6.07) is 0. The quantitative estimate of drug-likeness (QED) is 0.715. The molecule has 1 aromatic rings. The molecule has 0 aromatic carbocycles. The lowest BCUT2D eigenvalue weighted by atomic mass is 9.94. The van der Waals surface area contributed by atoms with Crippen LogP contribution in [0.1, 0.15) is 63.6 Å². The van der Waals surface area contributed by atoms with Crippen molar-refractivity contribution < 1.29 is 19.1 Å². The van der Waals surface area contributed by atoms with Crippen LogP contribution in [0, 0.1) is 0 Å². The van der Waals surface area contributed by atoms with E-state index in [-0.39, 0.29) is 12.1 Å². The van der Waals surface area contributed by atoms with Gasteiger partial charge in [0.05, 0.1) is 12.3 Å². The summed E-state index contributed by atoms with van der Waals surface area (Å²) in [5.41, 5.74) is 1.47. The van der Waals surface area contributed by atoms with Crippen molar-refractivity contribution in [3.63, 3.8) is 0 Å². The Morgan fingerprint density at radius 1 is 1.35 bits per heavy atom. The van der Waals surface area contributed by atoms with E-state index in [2.05, 4.69) is 12.0 Å². The summed E-state index contributed by atoms with van der Waals surface area (Å²) < 4.78 is 10.4. The molecule has 1 aliphatic rings. The van der Waals surface area contributed by atoms with E-state index >= 15 is 0 Å². The summed E-state index contributed by atoms with van der Waals surface area (Å²) in [4.78, 5) is 29.4. The first kappa shape index (κ1) is 20.4. The maximum Gasteiger partial charge on any atom is 0.410 e. The Morgan fingerprint density at radius 2 is 2.00 bits per heavy atom. The number of likely N-dealkylation sites (tertiary alicyclic amines) is 1. The predicted octanol–water partition coefficient (Wildman–Crippen LogP) is 4.22. The average Bonchev–Trinajstić information content (AvgIpc) is 3.03. The summed E-state index contributed by atoms with van der Waals surface area (Å²) >= 11 is 1.57. The second-order valence-electron chi connectivity index (χ2n) is 7.51. The van der Waals surface area contributed by atoms with Crippen LogP contribution in [0.3, 0.4) is 0 Å². The number of thiazole rings is 1. The zero-order chi connectivity index (χ0) is 19.3. The smallest absolute Gasteiger partial charge is 0.410 e. The standard InChI is InChI=1S/C19H28N2O4S/c1-13(8-11-24-14(2)22)17-20-16(12-26-17)15-6-9-21(10-7-15)18(23)25-19(3,4)5/h12,15H,1,6-11H2,2-5H3. The van der Waals surface area contributed by atoms with Gasteiger partial charge in [-0.1, -0.05) is 6.58 Å². The lowest BCUT2D eigenvalue weighted by Gasteiger charge is -2.32. The SMILES string of the molecule is C=C(CCOC(C)=O)c1nc(C2CCN(C(=O)OC(C)(C)C)CC2)cs1. The fourth-order valence-corrected chi connectivity index (χ4v) is 3.65. The van der Waals surface area contributed by atoms with E-state index in [1.807, 2.05) is 20.8 Å². The molecular weight excluding hydrogens is 352 g/mol. The van der Waals surface area contributed by atoms with Crippen LogP contribution in [0.25, 0.3) is 5.57 Å². The fourth-order valence-electron chi connectivity index (χ4n) is 2.75. The van der Waals surface area contributed by atoms with Crippen molar-refractivity contribution in [3.05, 3.63) is 22.7 Å². The Hall–Kier alpha value is -1.89. The molecule has 0 aliphatic carbocycles. The van der Waals surface area contributed by atoms with Gasteiger partial charge >= 0.3 is 12.1 Å². The average molecular weight is 381 g/mol. The topological polar surface area (TPSA) is 68.7 Å². The Morgan fingerprint density at radius 3 is 2.58 bits per heavy atom. The van der Waals surface area contributed by atoms with Gasteiger partial charge in [0.25, 0.3) is 0 Å². The Balaban J connectivity index is 1.84. The van der Waals surface area contributed by atoms with Crippen molar-refractivity contribution in [2.24, 2.45) is 0 Å². The van der Waals surface area contributed by atoms with Gasteiger partial charge < -0.3 is 14.4 Å². The number of hydrogen-bond donors (Lipinski definition) is 0. The molecule has 0 atom stereocenters. The van der Waals surface area contributed by atoms with Crippen molar-refractivity contribution in [1.29, 1.82) is 0 Å². The number of aromatic nitrogens is 1. The van der Waals surface area contributed by atoms with Gasteiger partial charge in [-0.3, -0.25) is 4.79 Å². The number of carbonyl (C=O) groups excluding carboxylic acids is 2. The number of nitrogens with zero attached hydrogens (tertiary/aromatic N) is 2. The van der Waals surface area contributed by atoms with Gasteiger partial charge in [0.15, 0.2) is 0 Å². The molecule has 1 aromatic heterocycles. The number of amides is 1. The molecule has 0 bridgehead atoms. The first-order chi connectivity index (χ1) is 12.2.